The van der Waals surface area contributed by atoms with E-state index in [9.17, 15) is 19.8 Å². The number of aliphatic hydroxyl groups is 2. The highest BCUT2D eigenvalue weighted by Crippen LogP contribution is 2.43. The molecule has 3 heterocycles. The molecule has 0 aromatic carbocycles. The lowest BCUT2D eigenvalue weighted by atomic mass is 9.90. The Hall–Kier alpha value is -1.48. The van der Waals surface area contributed by atoms with Crippen LogP contribution >= 0.6 is 0 Å². The molecule has 0 aliphatic carbocycles. The second-order valence-electron chi connectivity index (χ2n) is 5.24. The molecule has 4 atom stereocenters. The van der Waals surface area contributed by atoms with Crippen molar-refractivity contribution in [1.82, 2.24) is 9.55 Å². The second kappa shape index (κ2) is 4.52. The zero-order valence-corrected chi connectivity index (χ0v) is 10.9. The number of nitrogens with one attached hydrogen (secondary N) is 1. The third-order valence-corrected chi connectivity index (χ3v) is 4.01. The van der Waals surface area contributed by atoms with E-state index in [-0.39, 0.29) is 6.61 Å². The van der Waals surface area contributed by atoms with Gasteiger partial charge in [-0.25, -0.2) is 4.79 Å². The molecule has 2 fully saturated rings. The van der Waals surface area contributed by atoms with Crippen LogP contribution in [-0.4, -0.2) is 50.8 Å². The van der Waals surface area contributed by atoms with Gasteiger partial charge in [0, 0.05) is 18.2 Å². The Labute approximate surface area is 113 Å². The highest BCUT2D eigenvalue weighted by Gasteiger charge is 2.58. The molecule has 0 saturated carbocycles. The predicted molar refractivity (Wildman–Crippen MR) is 66.4 cm³/mol. The Balaban J connectivity index is 2.06. The highest BCUT2D eigenvalue weighted by atomic mass is 16.6. The van der Waals surface area contributed by atoms with Crippen molar-refractivity contribution in [3.63, 3.8) is 0 Å². The van der Waals surface area contributed by atoms with Crippen molar-refractivity contribution in [2.75, 3.05) is 13.2 Å². The summed E-state index contributed by atoms with van der Waals surface area (Å²) < 4.78 is 12.4. The zero-order valence-electron chi connectivity index (χ0n) is 10.9. The Morgan fingerprint density at radius 3 is 2.95 bits per heavy atom. The van der Waals surface area contributed by atoms with Crippen molar-refractivity contribution in [1.29, 1.82) is 0 Å². The predicted octanol–water partition coefficient (Wildman–Crippen LogP) is -1.75. The molecule has 0 radical (unpaired) electrons. The van der Waals surface area contributed by atoms with Gasteiger partial charge in [0.15, 0.2) is 6.23 Å². The summed E-state index contributed by atoms with van der Waals surface area (Å²) >= 11 is 0. The van der Waals surface area contributed by atoms with Crippen molar-refractivity contribution in [3.8, 4) is 0 Å². The van der Waals surface area contributed by atoms with Gasteiger partial charge in [0.05, 0.1) is 13.2 Å². The number of H-pyrrole nitrogens is 1. The number of hydrogen-bond acceptors (Lipinski definition) is 6. The lowest BCUT2D eigenvalue weighted by Crippen LogP contribution is -2.51. The van der Waals surface area contributed by atoms with Gasteiger partial charge in [-0.15, -0.1) is 0 Å². The van der Waals surface area contributed by atoms with Crippen LogP contribution in [-0.2, 0) is 9.47 Å². The Bertz CT molecular complexity index is 638. The quantitative estimate of drug-likeness (QED) is 0.594. The summed E-state index contributed by atoms with van der Waals surface area (Å²) in [5.74, 6) is 0. The second-order valence-corrected chi connectivity index (χ2v) is 5.24. The average Bonchev–Trinajstić information content (AvgIpc) is 2.60. The van der Waals surface area contributed by atoms with E-state index in [2.05, 4.69) is 4.98 Å². The fraction of sp³-hybridized carbons (Fsp3) is 0.667. The molecule has 3 rings (SSSR count). The topological polar surface area (TPSA) is 114 Å². The van der Waals surface area contributed by atoms with Gasteiger partial charge in [0.25, 0.3) is 5.56 Å². The van der Waals surface area contributed by atoms with Crippen LogP contribution in [0.2, 0.25) is 0 Å². The van der Waals surface area contributed by atoms with E-state index < -0.39 is 35.3 Å². The molecule has 20 heavy (non-hydrogen) atoms. The van der Waals surface area contributed by atoms with Crippen LogP contribution in [0.5, 0.6) is 0 Å². The van der Waals surface area contributed by atoms with Crippen molar-refractivity contribution in [3.05, 3.63) is 32.6 Å². The van der Waals surface area contributed by atoms with Crippen LogP contribution in [0.3, 0.4) is 0 Å². The van der Waals surface area contributed by atoms with E-state index in [0.29, 0.717) is 18.6 Å². The normalized spacial score (nSPS) is 36.2. The van der Waals surface area contributed by atoms with Crippen LogP contribution in [0.15, 0.2) is 15.8 Å². The number of aromatic amines is 1. The number of aliphatic hydroxyl groups excluding tert-OH is 2. The zero-order chi connectivity index (χ0) is 14.5. The summed E-state index contributed by atoms with van der Waals surface area (Å²) in [5, 5.41) is 19.7. The Kier molecular flexibility index (Phi) is 3.05. The number of rotatable bonds is 2. The van der Waals surface area contributed by atoms with Gasteiger partial charge < -0.3 is 19.7 Å². The molecule has 2 aliphatic rings. The van der Waals surface area contributed by atoms with Crippen LogP contribution in [0, 0.1) is 6.92 Å². The van der Waals surface area contributed by atoms with E-state index in [0.717, 1.165) is 0 Å². The number of nitrogens with zero attached hydrogens (tertiary/aromatic N) is 1. The molecule has 1 aromatic rings. The molecular weight excluding hydrogens is 268 g/mol. The Morgan fingerprint density at radius 1 is 1.55 bits per heavy atom. The lowest BCUT2D eigenvalue weighted by molar-refractivity contribution is -0.144. The van der Waals surface area contributed by atoms with Gasteiger partial charge in [-0.1, -0.05) is 0 Å². The number of aromatic nitrogens is 2. The van der Waals surface area contributed by atoms with E-state index in [1.807, 2.05) is 0 Å². The molecule has 3 N–H and O–H groups in total. The number of aryl methyl sites for hydroxylation is 1. The maximum atomic E-state index is 11.9. The highest BCUT2D eigenvalue weighted by molar-refractivity contribution is 5.07. The molecular formula is C12H16N2O6. The molecule has 2 bridgehead atoms. The molecule has 2 saturated heterocycles. The first-order valence-electron chi connectivity index (χ1n) is 6.39. The summed E-state index contributed by atoms with van der Waals surface area (Å²) in [5.41, 5.74) is -1.87. The summed E-state index contributed by atoms with van der Waals surface area (Å²) in [6, 6.07) is 0. The summed E-state index contributed by atoms with van der Waals surface area (Å²) in [6.45, 7) is 1.53. The number of ether oxygens (including phenoxy) is 2. The van der Waals surface area contributed by atoms with E-state index in [1.54, 1.807) is 6.92 Å². The first-order chi connectivity index (χ1) is 9.48. The van der Waals surface area contributed by atoms with Crippen molar-refractivity contribution < 1.29 is 19.7 Å². The molecule has 0 unspecified atom stereocenters. The van der Waals surface area contributed by atoms with Crippen molar-refractivity contribution >= 4 is 0 Å². The molecule has 0 amide bonds. The van der Waals surface area contributed by atoms with E-state index in [4.69, 9.17) is 9.47 Å². The van der Waals surface area contributed by atoms with Crippen LogP contribution in [0.4, 0.5) is 0 Å². The third kappa shape index (κ3) is 1.76. The number of fused-ring (bicyclic) bond motifs is 2. The molecule has 8 heteroatoms. The minimum absolute atomic E-state index is 0.329. The van der Waals surface area contributed by atoms with E-state index in [1.165, 1.54) is 10.8 Å². The number of hydrogen-bond donors (Lipinski definition) is 3. The monoisotopic (exact) mass is 284 g/mol. The minimum Gasteiger partial charge on any atom is -0.393 e. The maximum absolute atomic E-state index is 11.9. The van der Waals surface area contributed by atoms with Gasteiger partial charge in [0.1, 0.15) is 17.8 Å². The fourth-order valence-corrected chi connectivity index (χ4v) is 2.78. The lowest BCUT2D eigenvalue weighted by Gasteiger charge is -2.33. The Morgan fingerprint density at radius 2 is 2.30 bits per heavy atom. The first kappa shape index (κ1) is 13.5. The molecule has 1 aromatic heterocycles. The van der Waals surface area contributed by atoms with Gasteiger partial charge in [-0.05, 0) is 6.92 Å². The fourth-order valence-electron chi connectivity index (χ4n) is 2.78. The maximum Gasteiger partial charge on any atom is 0.330 e. The smallest absolute Gasteiger partial charge is 0.330 e. The molecule has 0 spiro atoms. The minimum atomic E-state index is -1.11. The van der Waals surface area contributed by atoms with Crippen LogP contribution < -0.4 is 11.2 Å². The molecule has 110 valence electrons. The average molecular weight is 284 g/mol. The van der Waals surface area contributed by atoms with Gasteiger partial charge in [-0.2, -0.15) is 0 Å². The molecule has 8 nitrogen and oxygen atoms in total. The van der Waals surface area contributed by atoms with Gasteiger partial charge >= 0.3 is 5.69 Å². The first-order valence-corrected chi connectivity index (χ1v) is 6.39. The molecule has 2 aliphatic heterocycles. The van der Waals surface area contributed by atoms with Crippen molar-refractivity contribution in [2.24, 2.45) is 0 Å². The van der Waals surface area contributed by atoms with Crippen LogP contribution in [0.25, 0.3) is 0 Å². The SMILES string of the molecule is Cc1cn([C@@H]2O[C@]3(CO)CCO[C@@H]2[C@@H]3O)c(=O)[nH]c1=O. The summed E-state index contributed by atoms with van der Waals surface area (Å²) in [6.07, 6.45) is -0.936. The van der Waals surface area contributed by atoms with Crippen molar-refractivity contribution in [2.45, 2.75) is 37.4 Å². The van der Waals surface area contributed by atoms with Gasteiger partial charge in [-0.3, -0.25) is 14.3 Å². The van der Waals surface area contributed by atoms with E-state index >= 15 is 0 Å². The summed E-state index contributed by atoms with van der Waals surface area (Å²) in [7, 11) is 0. The third-order valence-electron chi connectivity index (χ3n) is 4.01. The largest absolute Gasteiger partial charge is 0.393 e. The van der Waals surface area contributed by atoms with Gasteiger partial charge in [0.2, 0.25) is 0 Å². The summed E-state index contributed by atoms with van der Waals surface area (Å²) in [4.78, 5) is 25.5. The van der Waals surface area contributed by atoms with Crippen LogP contribution in [0.1, 0.15) is 18.2 Å². The standard InChI is InChI=1S/C12H16N2O6/c1-6-4-14(11(18)13-9(6)17)10-7-8(16)12(5-15,20-10)2-3-19-7/h4,7-8,10,15-16H,2-3,5H2,1H3,(H,13,17,18)/t7-,8+,10-,12+/m1/s1.